The van der Waals surface area contributed by atoms with Crippen LogP contribution >= 0.6 is 24.0 Å². The van der Waals surface area contributed by atoms with Crippen molar-refractivity contribution >= 4 is 29.1 Å². The lowest BCUT2D eigenvalue weighted by atomic mass is 10.1. The quantitative estimate of drug-likeness (QED) is 0.696. The molecule has 13 heavy (non-hydrogen) atoms. The van der Waals surface area contributed by atoms with E-state index >= 15 is 0 Å². The van der Waals surface area contributed by atoms with E-state index in [9.17, 15) is 0 Å². The molecule has 0 radical (unpaired) electrons. The molecule has 0 aromatic rings. The molecule has 2 rings (SSSR count). The maximum absolute atomic E-state index is 5.18. The molecule has 1 aliphatic carbocycles. The van der Waals surface area contributed by atoms with Crippen molar-refractivity contribution in [2.75, 3.05) is 18.1 Å². The van der Waals surface area contributed by atoms with Crippen molar-refractivity contribution in [1.82, 2.24) is 10.6 Å². The molecule has 1 unspecified atom stereocenters. The van der Waals surface area contributed by atoms with E-state index in [-0.39, 0.29) is 0 Å². The highest BCUT2D eigenvalue weighted by Gasteiger charge is 2.22. The van der Waals surface area contributed by atoms with Crippen molar-refractivity contribution < 1.29 is 0 Å². The van der Waals surface area contributed by atoms with Crippen LogP contribution in [0.25, 0.3) is 0 Å². The Hall–Kier alpha value is 0.0400. The second-order valence-corrected chi connectivity index (χ2v) is 5.42. The highest BCUT2D eigenvalue weighted by Crippen LogP contribution is 2.22. The largest absolute Gasteiger partial charge is 0.362 e. The minimum Gasteiger partial charge on any atom is -0.362 e. The van der Waals surface area contributed by atoms with Crippen molar-refractivity contribution in [2.24, 2.45) is 5.92 Å². The van der Waals surface area contributed by atoms with E-state index in [0.29, 0.717) is 6.04 Å². The molecule has 0 amide bonds. The average molecular weight is 216 g/mol. The van der Waals surface area contributed by atoms with Crippen LogP contribution < -0.4 is 10.6 Å². The first-order valence-corrected chi connectivity index (χ1v) is 6.53. The van der Waals surface area contributed by atoms with Crippen LogP contribution in [-0.2, 0) is 0 Å². The van der Waals surface area contributed by atoms with Crippen molar-refractivity contribution in [2.45, 2.75) is 25.3 Å². The lowest BCUT2D eigenvalue weighted by Gasteiger charge is -2.12. The van der Waals surface area contributed by atoms with E-state index in [0.717, 1.165) is 17.6 Å². The monoisotopic (exact) mass is 216 g/mol. The van der Waals surface area contributed by atoms with E-state index in [4.69, 9.17) is 12.2 Å². The molecule has 2 nitrogen and oxygen atoms in total. The molecule has 1 aliphatic heterocycles. The maximum Gasteiger partial charge on any atom is 0.166 e. The molecule has 2 fully saturated rings. The number of hydrogen-bond acceptors (Lipinski definition) is 2. The predicted molar refractivity (Wildman–Crippen MR) is 62.2 cm³/mol. The first-order chi connectivity index (χ1) is 6.34. The smallest absolute Gasteiger partial charge is 0.166 e. The first kappa shape index (κ1) is 9.59. The normalized spacial score (nSPS) is 27.2. The highest BCUT2D eigenvalue weighted by atomic mass is 32.2. The second kappa shape index (κ2) is 4.51. The van der Waals surface area contributed by atoms with Gasteiger partial charge in [-0.05, 0) is 48.9 Å². The van der Waals surface area contributed by atoms with E-state index in [1.807, 2.05) is 0 Å². The Bertz CT molecular complexity index is 186. The van der Waals surface area contributed by atoms with Gasteiger partial charge in [0.2, 0.25) is 0 Å². The fourth-order valence-electron chi connectivity index (χ4n) is 1.45. The fraction of sp³-hybridized carbons (Fsp3) is 0.889. The minimum atomic E-state index is 0.679. The van der Waals surface area contributed by atoms with Crippen LogP contribution in [0.5, 0.6) is 0 Å². The summed E-state index contributed by atoms with van der Waals surface area (Å²) in [6.45, 7) is 1.06. The Labute approximate surface area is 89.2 Å². The minimum absolute atomic E-state index is 0.679. The molecular weight excluding hydrogens is 200 g/mol. The molecule has 4 heteroatoms. The summed E-state index contributed by atoms with van der Waals surface area (Å²) >= 11 is 7.23. The molecule has 2 aliphatic rings. The van der Waals surface area contributed by atoms with Gasteiger partial charge in [-0.15, -0.1) is 0 Å². The molecular formula is C9H16N2S2. The summed E-state index contributed by atoms with van der Waals surface area (Å²) in [4.78, 5) is 0. The van der Waals surface area contributed by atoms with Gasteiger partial charge < -0.3 is 10.6 Å². The summed E-state index contributed by atoms with van der Waals surface area (Å²) in [6.07, 6.45) is 3.94. The number of nitrogens with one attached hydrogen (secondary N) is 2. The lowest BCUT2D eigenvalue weighted by Crippen LogP contribution is -2.39. The molecule has 0 aromatic heterocycles. The number of hydrogen-bond donors (Lipinski definition) is 2. The van der Waals surface area contributed by atoms with Gasteiger partial charge in [0.05, 0.1) is 0 Å². The SMILES string of the molecule is S=C(NCC1CCSC1)NC1CC1. The summed E-state index contributed by atoms with van der Waals surface area (Å²) in [5.41, 5.74) is 0. The first-order valence-electron chi connectivity index (χ1n) is 4.96. The van der Waals surface area contributed by atoms with E-state index < -0.39 is 0 Å². The van der Waals surface area contributed by atoms with Gasteiger partial charge in [-0.2, -0.15) is 11.8 Å². The molecule has 1 atom stereocenters. The topological polar surface area (TPSA) is 24.1 Å². The van der Waals surface area contributed by atoms with Gasteiger partial charge in [-0.3, -0.25) is 0 Å². The molecule has 0 aromatic carbocycles. The van der Waals surface area contributed by atoms with Crippen LogP contribution in [-0.4, -0.2) is 29.2 Å². The van der Waals surface area contributed by atoms with Gasteiger partial charge >= 0.3 is 0 Å². The molecule has 2 N–H and O–H groups in total. The Morgan fingerprint density at radius 3 is 2.85 bits per heavy atom. The van der Waals surface area contributed by atoms with Gasteiger partial charge in [0.25, 0.3) is 0 Å². The standard InChI is InChI=1S/C9H16N2S2/c12-9(11-8-1-2-8)10-5-7-3-4-13-6-7/h7-8H,1-6H2,(H2,10,11,12). The Morgan fingerprint density at radius 1 is 1.38 bits per heavy atom. The van der Waals surface area contributed by atoms with Crippen LogP contribution in [0.4, 0.5) is 0 Å². The van der Waals surface area contributed by atoms with Gasteiger partial charge in [0.15, 0.2) is 5.11 Å². The van der Waals surface area contributed by atoms with Crippen molar-refractivity contribution in [3.8, 4) is 0 Å². The van der Waals surface area contributed by atoms with Gasteiger partial charge in [0.1, 0.15) is 0 Å². The van der Waals surface area contributed by atoms with Crippen LogP contribution in [0.3, 0.4) is 0 Å². The van der Waals surface area contributed by atoms with Crippen molar-refractivity contribution in [3.05, 3.63) is 0 Å². The van der Waals surface area contributed by atoms with Crippen molar-refractivity contribution in [3.63, 3.8) is 0 Å². The molecule has 0 bridgehead atoms. The number of rotatable bonds is 3. The van der Waals surface area contributed by atoms with Crippen LogP contribution in [0.15, 0.2) is 0 Å². The lowest BCUT2D eigenvalue weighted by molar-refractivity contribution is 0.577. The maximum atomic E-state index is 5.18. The zero-order valence-corrected chi connectivity index (χ0v) is 9.35. The van der Waals surface area contributed by atoms with Crippen molar-refractivity contribution in [1.29, 1.82) is 0 Å². The summed E-state index contributed by atoms with van der Waals surface area (Å²) < 4.78 is 0. The molecule has 0 spiro atoms. The summed E-state index contributed by atoms with van der Waals surface area (Å²) in [6, 6.07) is 0.679. The van der Waals surface area contributed by atoms with E-state index in [2.05, 4.69) is 22.4 Å². The summed E-state index contributed by atoms with van der Waals surface area (Å²) in [5.74, 6) is 3.47. The zero-order valence-electron chi connectivity index (χ0n) is 7.71. The fourth-order valence-corrected chi connectivity index (χ4v) is 2.98. The molecule has 1 saturated heterocycles. The highest BCUT2D eigenvalue weighted by molar-refractivity contribution is 7.99. The average Bonchev–Trinajstić information content (AvgIpc) is 2.78. The van der Waals surface area contributed by atoms with E-state index in [1.165, 1.54) is 30.8 Å². The van der Waals surface area contributed by atoms with Crippen LogP contribution in [0, 0.1) is 5.92 Å². The van der Waals surface area contributed by atoms with Crippen LogP contribution in [0.2, 0.25) is 0 Å². The van der Waals surface area contributed by atoms with Gasteiger partial charge in [-0.25, -0.2) is 0 Å². The third-order valence-corrected chi connectivity index (χ3v) is 3.98. The number of thiocarbonyl (C=S) groups is 1. The summed E-state index contributed by atoms with van der Waals surface area (Å²) in [5, 5.41) is 7.45. The summed E-state index contributed by atoms with van der Waals surface area (Å²) in [7, 11) is 0. The molecule has 1 saturated carbocycles. The predicted octanol–water partition coefficient (Wildman–Crippen LogP) is 1.37. The molecule has 74 valence electrons. The van der Waals surface area contributed by atoms with Gasteiger partial charge in [0, 0.05) is 12.6 Å². The van der Waals surface area contributed by atoms with E-state index in [1.54, 1.807) is 0 Å². The Kier molecular flexibility index (Phi) is 3.33. The zero-order chi connectivity index (χ0) is 9.10. The van der Waals surface area contributed by atoms with Crippen LogP contribution in [0.1, 0.15) is 19.3 Å². The third kappa shape index (κ3) is 3.35. The third-order valence-electron chi connectivity index (χ3n) is 2.49. The Morgan fingerprint density at radius 2 is 2.23 bits per heavy atom. The molecule has 1 heterocycles. The van der Waals surface area contributed by atoms with Gasteiger partial charge in [-0.1, -0.05) is 0 Å². The second-order valence-electron chi connectivity index (χ2n) is 3.86. The number of thioether (sulfide) groups is 1. The Balaban J connectivity index is 1.57.